The van der Waals surface area contributed by atoms with Crippen molar-refractivity contribution in [3.63, 3.8) is 0 Å². The first kappa shape index (κ1) is 17.9. The van der Waals surface area contributed by atoms with Crippen LogP contribution in [-0.2, 0) is 25.8 Å². The lowest BCUT2D eigenvalue weighted by Crippen LogP contribution is -2.10. The molecule has 1 aliphatic carbocycles. The van der Waals surface area contributed by atoms with Gasteiger partial charge in [-0.3, -0.25) is 0 Å². The third-order valence-electron chi connectivity index (χ3n) is 5.62. The quantitative estimate of drug-likeness (QED) is 0.554. The zero-order valence-corrected chi connectivity index (χ0v) is 16.9. The molecule has 146 valence electrons. The third kappa shape index (κ3) is 3.60. The second kappa shape index (κ2) is 7.32. The number of aromatic nitrogens is 4. The molecule has 0 amide bonds. The van der Waals surface area contributed by atoms with E-state index in [2.05, 4.69) is 67.7 Å². The van der Waals surface area contributed by atoms with Crippen molar-refractivity contribution in [2.24, 2.45) is 0 Å². The Labute approximate surface area is 170 Å². The second-order valence-electron chi connectivity index (χ2n) is 7.98. The van der Waals surface area contributed by atoms with Gasteiger partial charge in [-0.1, -0.05) is 59.7 Å². The molecule has 0 atom stereocenters. The summed E-state index contributed by atoms with van der Waals surface area (Å²) in [7, 11) is 0. The molecule has 1 aliphatic rings. The van der Waals surface area contributed by atoms with E-state index in [1.807, 2.05) is 4.52 Å². The molecule has 0 unspecified atom stereocenters. The summed E-state index contributed by atoms with van der Waals surface area (Å²) in [5, 5.41) is 8.44. The number of fused-ring (bicyclic) bond motifs is 2. The first-order valence-corrected chi connectivity index (χ1v) is 10.3. The van der Waals surface area contributed by atoms with Crippen molar-refractivity contribution in [3.05, 3.63) is 87.9 Å². The summed E-state index contributed by atoms with van der Waals surface area (Å²) in [6, 6.07) is 17.2. The smallest absolute Gasteiger partial charge is 0.254 e. The minimum Gasteiger partial charge on any atom is -0.366 e. The summed E-state index contributed by atoms with van der Waals surface area (Å²) >= 11 is 0. The molecule has 0 bridgehead atoms. The largest absolute Gasteiger partial charge is 0.366 e. The van der Waals surface area contributed by atoms with Gasteiger partial charge in [0.05, 0.1) is 5.69 Å². The number of hydrogen-bond donors (Lipinski definition) is 1. The van der Waals surface area contributed by atoms with E-state index in [4.69, 9.17) is 15.1 Å². The van der Waals surface area contributed by atoms with Crippen molar-refractivity contribution in [2.45, 2.75) is 46.1 Å². The van der Waals surface area contributed by atoms with Crippen LogP contribution in [0.25, 0.3) is 5.78 Å². The minimum atomic E-state index is 0.694. The maximum atomic E-state index is 4.81. The van der Waals surface area contributed by atoms with Crippen LogP contribution in [0, 0.1) is 13.8 Å². The fraction of sp³-hybridized carbons (Fsp3) is 0.292. The monoisotopic (exact) mass is 383 g/mol. The van der Waals surface area contributed by atoms with E-state index in [-0.39, 0.29) is 0 Å². The normalized spacial score (nSPS) is 13.0. The van der Waals surface area contributed by atoms with Crippen LogP contribution in [-0.4, -0.2) is 19.6 Å². The zero-order valence-electron chi connectivity index (χ0n) is 16.9. The highest BCUT2D eigenvalue weighted by Crippen LogP contribution is 2.28. The molecule has 4 aromatic rings. The van der Waals surface area contributed by atoms with Gasteiger partial charge in [-0.2, -0.15) is 9.50 Å². The van der Waals surface area contributed by atoms with Crippen LogP contribution in [0.2, 0.25) is 0 Å². The minimum absolute atomic E-state index is 0.694. The molecule has 29 heavy (non-hydrogen) atoms. The number of benzene rings is 2. The van der Waals surface area contributed by atoms with Gasteiger partial charge in [-0.15, -0.1) is 5.10 Å². The lowest BCUT2D eigenvalue weighted by Gasteiger charge is -2.12. The summed E-state index contributed by atoms with van der Waals surface area (Å²) in [6.07, 6.45) is 3.92. The maximum absolute atomic E-state index is 4.81. The van der Waals surface area contributed by atoms with Crippen LogP contribution < -0.4 is 5.32 Å². The number of nitrogens with zero attached hydrogens (tertiary/aromatic N) is 4. The van der Waals surface area contributed by atoms with Gasteiger partial charge in [0.1, 0.15) is 5.82 Å². The number of hydrogen-bond acceptors (Lipinski definition) is 4. The Hall–Kier alpha value is -3.21. The fourth-order valence-corrected chi connectivity index (χ4v) is 3.96. The van der Waals surface area contributed by atoms with Crippen molar-refractivity contribution in [3.8, 4) is 0 Å². The molecule has 0 radical (unpaired) electrons. The van der Waals surface area contributed by atoms with E-state index in [9.17, 15) is 0 Å². The molecule has 0 saturated carbocycles. The molecule has 5 nitrogen and oxygen atoms in total. The molecule has 2 aromatic heterocycles. The van der Waals surface area contributed by atoms with Gasteiger partial charge in [0.15, 0.2) is 5.82 Å². The molecule has 0 spiro atoms. The first-order chi connectivity index (χ1) is 14.2. The Kier molecular flexibility index (Phi) is 4.51. The highest BCUT2D eigenvalue weighted by atomic mass is 15.4. The van der Waals surface area contributed by atoms with Crippen molar-refractivity contribution in [1.82, 2.24) is 19.6 Å². The van der Waals surface area contributed by atoms with E-state index >= 15 is 0 Å². The topological polar surface area (TPSA) is 55.1 Å². The Morgan fingerprint density at radius 2 is 1.55 bits per heavy atom. The highest BCUT2D eigenvalue weighted by Gasteiger charge is 2.22. The molecule has 0 aliphatic heterocycles. The van der Waals surface area contributed by atoms with E-state index < -0.39 is 0 Å². The molecule has 5 heteroatoms. The fourth-order valence-electron chi connectivity index (χ4n) is 3.96. The van der Waals surface area contributed by atoms with Gasteiger partial charge < -0.3 is 5.32 Å². The van der Waals surface area contributed by atoms with Crippen LogP contribution in [0.5, 0.6) is 0 Å². The van der Waals surface area contributed by atoms with Crippen molar-refractivity contribution in [1.29, 1.82) is 0 Å². The van der Waals surface area contributed by atoms with Gasteiger partial charge in [-0.05, 0) is 44.2 Å². The molecule has 5 rings (SSSR count). The van der Waals surface area contributed by atoms with E-state index in [1.165, 1.54) is 27.8 Å². The molecule has 2 heterocycles. The molecule has 1 N–H and O–H groups in total. The van der Waals surface area contributed by atoms with E-state index in [0.717, 1.165) is 43.1 Å². The number of rotatable bonds is 5. The lowest BCUT2D eigenvalue weighted by atomic mass is 10.1. The summed E-state index contributed by atoms with van der Waals surface area (Å²) < 4.78 is 1.90. The Balaban J connectivity index is 1.48. The van der Waals surface area contributed by atoms with Crippen LogP contribution >= 0.6 is 0 Å². The summed E-state index contributed by atoms with van der Waals surface area (Å²) in [4.78, 5) is 9.54. The average molecular weight is 383 g/mol. The predicted octanol–water partition coefficient (Wildman–Crippen LogP) is 4.43. The average Bonchev–Trinajstić information content (AvgIpc) is 3.34. The van der Waals surface area contributed by atoms with E-state index in [0.29, 0.717) is 12.2 Å². The van der Waals surface area contributed by atoms with Crippen LogP contribution in [0.4, 0.5) is 5.82 Å². The van der Waals surface area contributed by atoms with Crippen molar-refractivity contribution in [2.75, 3.05) is 5.32 Å². The van der Waals surface area contributed by atoms with Gasteiger partial charge in [-0.25, -0.2) is 4.98 Å². The number of aryl methyl sites for hydroxylation is 3. The molecule has 2 aromatic carbocycles. The van der Waals surface area contributed by atoms with E-state index in [1.54, 1.807) is 0 Å². The molecule has 0 fully saturated rings. The summed E-state index contributed by atoms with van der Waals surface area (Å²) in [6.45, 7) is 4.98. The Bertz CT molecular complexity index is 1160. The second-order valence-corrected chi connectivity index (χ2v) is 7.98. The van der Waals surface area contributed by atoms with Crippen LogP contribution in [0.3, 0.4) is 0 Å². The molecular weight excluding hydrogens is 358 g/mol. The SMILES string of the molecule is Cc1ccc(CNc2c3c(nc4nc(Cc5ccc(C)cc5)nn24)CCC3)cc1. The molecule has 0 saturated heterocycles. The lowest BCUT2D eigenvalue weighted by molar-refractivity contribution is 0.871. The first-order valence-electron chi connectivity index (χ1n) is 10.3. The van der Waals surface area contributed by atoms with Crippen LogP contribution in [0.1, 0.15) is 45.8 Å². The highest BCUT2D eigenvalue weighted by molar-refractivity contribution is 5.55. The Morgan fingerprint density at radius 1 is 0.862 bits per heavy atom. The van der Waals surface area contributed by atoms with Gasteiger partial charge in [0, 0.05) is 18.5 Å². The number of anilines is 1. The maximum Gasteiger partial charge on any atom is 0.254 e. The summed E-state index contributed by atoms with van der Waals surface area (Å²) in [5.74, 6) is 2.55. The van der Waals surface area contributed by atoms with Crippen LogP contribution in [0.15, 0.2) is 48.5 Å². The Morgan fingerprint density at radius 3 is 2.28 bits per heavy atom. The number of nitrogens with one attached hydrogen (secondary N) is 1. The molecular formula is C24H25N5. The predicted molar refractivity (Wildman–Crippen MR) is 115 cm³/mol. The third-order valence-corrected chi connectivity index (χ3v) is 5.62. The zero-order chi connectivity index (χ0) is 19.8. The van der Waals surface area contributed by atoms with Crippen molar-refractivity contribution >= 4 is 11.6 Å². The van der Waals surface area contributed by atoms with Gasteiger partial charge >= 0.3 is 0 Å². The van der Waals surface area contributed by atoms with Gasteiger partial charge in [0.25, 0.3) is 5.78 Å². The summed E-state index contributed by atoms with van der Waals surface area (Å²) in [5.41, 5.74) is 7.46. The van der Waals surface area contributed by atoms with Gasteiger partial charge in [0.2, 0.25) is 0 Å². The van der Waals surface area contributed by atoms with Crippen molar-refractivity contribution < 1.29 is 0 Å². The standard InChI is InChI=1S/C24H25N5/c1-16-6-10-18(11-7-16)14-22-27-24-26-21-5-3-4-20(21)23(29(24)28-22)25-15-19-12-8-17(2)9-13-19/h6-13,25H,3-5,14-15H2,1-2H3.